The van der Waals surface area contributed by atoms with Crippen molar-refractivity contribution in [1.29, 1.82) is 0 Å². The van der Waals surface area contributed by atoms with E-state index in [4.69, 9.17) is 24.1 Å². The monoisotopic (exact) mass is 537 g/mol. The van der Waals surface area contributed by atoms with Crippen molar-refractivity contribution >= 4 is 29.1 Å². The first kappa shape index (κ1) is 28.7. The first-order valence-electron chi connectivity index (χ1n) is 10.6. The average Bonchev–Trinajstić information content (AvgIpc) is 3.36. The number of quaternary nitrogens is 1. The number of rotatable bonds is 11. The van der Waals surface area contributed by atoms with Crippen LogP contribution in [0.1, 0.15) is 12.8 Å². The van der Waals surface area contributed by atoms with Gasteiger partial charge < -0.3 is 47.5 Å². The van der Waals surface area contributed by atoms with Gasteiger partial charge in [-0.05, 0) is 41.4 Å². The lowest BCUT2D eigenvalue weighted by Crippen LogP contribution is -3.00. The summed E-state index contributed by atoms with van der Waals surface area (Å²) in [6.07, 6.45) is 1.73. The van der Waals surface area contributed by atoms with Crippen LogP contribution >= 0.6 is 11.5 Å². The number of halogens is 1. The molecular formula is C24H28ClN3O7S. The first-order valence-corrected chi connectivity index (χ1v) is 11.4. The molecular weight excluding hydrogens is 510 g/mol. The highest BCUT2D eigenvalue weighted by Gasteiger charge is 2.22. The molecule has 0 aliphatic carbocycles. The van der Waals surface area contributed by atoms with Gasteiger partial charge >= 0.3 is 5.97 Å². The molecule has 36 heavy (non-hydrogen) atoms. The van der Waals surface area contributed by atoms with Crippen LogP contribution < -0.4 is 42.4 Å². The minimum atomic E-state index is -0.977. The van der Waals surface area contributed by atoms with E-state index in [1.807, 2.05) is 18.2 Å². The lowest BCUT2D eigenvalue weighted by molar-refractivity contribution is -0.403. The number of nitrogens with one attached hydrogen (secondary N) is 1. The Labute approximate surface area is 218 Å². The Morgan fingerprint density at radius 2 is 1.64 bits per heavy atom. The van der Waals surface area contributed by atoms with E-state index in [2.05, 4.69) is 15.4 Å². The zero-order valence-electron chi connectivity index (χ0n) is 20.3. The largest absolute Gasteiger partial charge is 1.00 e. The highest BCUT2D eigenvalue weighted by Crippen LogP contribution is 2.45. The Kier molecular flexibility index (Phi) is 10.3. The molecule has 0 saturated heterocycles. The van der Waals surface area contributed by atoms with Gasteiger partial charge in [-0.2, -0.15) is 4.37 Å². The van der Waals surface area contributed by atoms with Crippen LogP contribution in [0.4, 0.5) is 5.69 Å². The number of aromatic nitrogens is 1. The fraction of sp³-hybridized carbons (Fsp3) is 0.292. The van der Waals surface area contributed by atoms with Crippen molar-refractivity contribution in [2.45, 2.75) is 18.9 Å². The number of carboxylic acids is 1. The van der Waals surface area contributed by atoms with Crippen LogP contribution in [0.25, 0.3) is 21.6 Å². The summed E-state index contributed by atoms with van der Waals surface area (Å²) in [7, 11) is 6.16. The van der Waals surface area contributed by atoms with E-state index >= 15 is 0 Å². The zero-order chi connectivity index (χ0) is 25.5. The lowest BCUT2D eigenvalue weighted by atomic mass is 10.0. The zero-order valence-corrected chi connectivity index (χ0v) is 21.9. The molecule has 10 nitrogen and oxygen atoms in total. The topological polar surface area (TPSA) is 144 Å². The molecule has 12 heteroatoms. The van der Waals surface area contributed by atoms with Gasteiger partial charge in [-0.1, -0.05) is 6.07 Å². The lowest BCUT2D eigenvalue weighted by Gasteiger charge is -2.15. The van der Waals surface area contributed by atoms with Crippen molar-refractivity contribution in [1.82, 2.24) is 4.37 Å². The summed E-state index contributed by atoms with van der Waals surface area (Å²) >= 11 is 1.31. The second kappa shape index (κ2) is 13.0. The summed E-state index contributed by atoms with van der Waals surface area (Å²) in [5, 5.41) is 11.7. The summed E-state index contributed by atoms with van der Waals surface area (Å²) in [6, 6.07) is 8.37. The molecule has 2 aromatic carbocycles. The van der Waals surface area contributed by atoms with E-state index < -0.39 is 17.9 Å². The number of carboxylic acid groups (broad SMARTS) is 1. The smallest absolute Gasteiger partial charge is 0.303 e. The summed E-state index contributed by atoms with van der Waals surface area (Å²) in [5.74, 6) is 0.624. The van der Waals surface area contributed by atoms with Crippen LogP contribution in [0.2, 0.25) is 0 Å². The molecule has 194 valence electrons. The number of benzene rings is 2. The Balaban J connectivity index is 0.00000456. The van der Waals surface area contributed by atoms with Crippen LogP contribution in [0, 0.1) is 0 Å². The van der Waals surface area contributed by atoms with Gasteiger partial charge in [-0.25, -0.2) is 0 Å². The Morgan fingerprint density at radius 1 is 1.00 bits per heavy atom. The van der Waals surface area contributed by atoms with E-state index in [0.717, 1.165) is 21.6 Å². The van der Waals surface area contributed by atoms with Gasteiger partial charge in [0.2, 0.25) is 5.75 Å². The van der Waals surface area contributed by atoms with E-state index in [9.17, 15) is 9.59 Å². The Bertz CT molecular complexity index is 1190. The molecule has 0 bridgehead atoms. The highest BCUT2D eigenvalue weighted by molar-refractivity contribution is 7.10. The molecule has 0 aliphatic rings. The third kappa shape index (κ3) is 6.36. The quantitative estimate of drug-likeness (QED) is 0.308. The summed E-state index contributed by atoms with van der Waals surface area (Å²) in [6.45, 7) is 0. The summed E-state index contributed by atoms with van der Waals surface area (Å²) in [5.41, 5.74) is 6.67. The van der Waals surface area contributed by atoms with Crippen LogP contribution in [0.15, 0.2) is 36.5 Å². The summed E-state index contributed by atoms with van der Waals surface area (Å²) in [4.78, 5) is 24.3. The molecule has 0 aliphatic heterocycles. The minimum absolute atomic E-state index is 0. The van der Waals surface area contributed by atoms with Crippen molar-refractivity contribution in [3.63, 3.8) is 0 Å². The van der Waals surface area contributed by atoms with E-state index in [1.165, 1.54) is 18.6 Å². The van der Waals surface area contributed by atoms with E-state index in [-0.39, 0.29) is 25.2 Å². The second-order valence-electron chi connectivity index (χ2n) is 7.52. The highest BCUT2D eigenvalue weighted by atomic mass is 35.5. The number of nitrogens with zero attached hydrogens (tertiary/aromatic N) is 1. The number of methoxy groups -OCH3 is 4. The number of carbonyl (C=O) groups is 2. The van der Waals surface area contributed by atoms with Crippen LogP contribution in [0.5, 0.6) is 23.0 Å². The molecule has 3 rings (SSSR count). The predicted molar refractivity (Wildman–Crippen MR) is 131 cm³/mol. The molecule has 0 spiro atoms. The molecule has 3 aromatic rings. The normalized spacial score (nSPS) is 11.1. The van der Waals surface area contributed by atoms with Gasteiger partial charge in [0.15, 0.2) is 17.5 Å². The SMILES string of the molecule is COc1ccc(-c2cnsc2-c2cc(OC)c(OC)c(OC)c2)cc1NC(=O)[C@H]([NH3+])CCC(=O)O.[Cl-]. The maximum atomic E-state index is 12.6. The predicted octanol–water partition coefficient (Wildman–Crippen LogP) is -0.0707. The third-order valence-electron chi connectivity index (χ3n) is 5.34. The molecule has 1 atom stereocenters. The van der Waals surface area contributed by atoms with Crippen molar-refractivity contribution in [3.05, 3.63) is 36.5 Å². The first-order chi connectivity index (χ1) is 16.8. The van der Waals surface area contributed by atoms with Crippen LogP contribution in [-0.2, 0) is 9.59 Å². The Morgan fingerprint density at radius 3 is 2.19 bits per heavy atom. The van der Waals surface area contributed by atoms with Gasteiger partial charge in [0.1, 0.15) is 5.75 Å². The van der Waals surface area contributed by atoms with Gasteiger partial charge in [-0.15, -0.1) is 0 Å². The van der Waals surface area contributed by atoms with Gasteiger partial charge in [0, 0.05) is 23.7 Å². The van der Waals surface area contributed by atoms with Gasteiger partial charge in [0.25, 0.3) is 5.91 Å². The van der Waals surface area contributed by atoms with Crippen molar-refractivity contribution in [3.8, 4) is 44.6 Å². The maximum absolute atomic E-state index is 12.6. The van der Waals surface area contributed by atoms with Gasteiger partial charge in [-0.3, -0.25) is 9.59 Å². The molecule has 0 radical (unpaired) electrons. The van der Waals surface area contributed by atoms with Crippen LogP contribution in [0.3, 0.4) is 0 Å². The fourth-order valence-electron chi connectivity index (χ4n) is 3.50. The van der Waals surface area contributed by atoms with E-state index in [0.29, 0.717) is 28.7 Å². The number of hydrogen-bond donors (Lipinski definition) is 3. The second-order valence-corrected chi connectivity index (χ2v) is 8.32. The van der Waals surface area contributed by atoms with Crippen LogP contribution in [-0.4, -0.2) is 55.8 Å². The number of aliphatic carboxylic acids is 1. The molecule has 0 unspecified atom stereocenters. The number of carbonyl (C=O) groups excluding carboxylic acids is 1. The number of amides is 1. The average molecular weight is 538 g/mol. The molecule has 5 N–H and O–H groups in total. The third-order valence-corrected chi connectivity index (χ3v) is 6.19. The Hall–Kier alpha value is -3.54. The van der Waals surface area contributed by atoms with Crippen molar-refractivity contribution in [2.75, 3.05) is 33.8 Å². The van der Waals surface area contributed by atoms with E-state index in [1.54, 1.807) is 39.7 Å². The number of hydrogen-bond acceptors (Lipinski definition) is 8. The van der Waals surface area contributed by atoms with Gasteiger partial charge in [0.05, 0.1) is 45.4 Å². The standard InChI is InChI=1S/C24H27N3O7S.ClH/c1-31-18-7-5-13(9-17(18)27-24(30)16(25)6-8-21(28)29)15-12-26-35-23(15)14-10-19(32-2)22(34-4)20(11-14)33-3;/h5,7,9-12,16H,6,8,25H2,1-4H3,(H,27,30)(H,28,29);1H/t16-;/m1./s1. The maximum Gasteiger partial charge on any atom is 0.303 e. The number of anilines is 1. The van der Waals surface area contributed by atoms with Crippen molar-refractivity contribution in [2.24, 2.45) is 0 Å². The minimum Gasteiger partial charge on any atom is -1.00 e. The molecule has 0 saturated carbocycles. The molecule has 1 aromatic heterocycles. The molecule has 1 amide bonds. The fourth-order valence-corrected chi connectivity index (χ4v) is 4.26. The number of ether oxygens (including phenoxy) is 4. The molecule has 0 fully saturated rings. The van der Waals surface area contributed by atoms with Crippen molar-refractivity contribution < 1.29 is 51.8 Å². The summed E-state index contributed by atoms with van der Waals surface area (Å²) < 4.78 is 26.2. The molecule has 1 heterocycles.